The van der Waals surface area contributed by atoms with Gasteiger partial charge in [0, 0.05) is 6.04 Å². The Labute approximate surface area is 147 Å². The first-order valence-corrected chi connectivity index (χ1v) is 10.1. The molecule has 1 fully saturated rings. The Morgan fingerprint density at radius 3 is 2.52 bits per heavy atom. The highest BCUT2D eigenvalue weighted by Gasteiger charge is 2.30. The highest BCUT2D eigenvalue weighted by atomic mass is 35.5. The summed E-state index contributed by atoms with van der Waals surface area (Å²) in [4.78, 5) is 12.3. The van der Waals surface area contributed by atoms with Crippen molar-refractivity contribution in [3.63, 3.8) is 0 Å². The van der Waals surface area contributed by atoms with E-state index >= 15 is 0 Å². The lowest BCUT2D eigenvalue weighted by atomic mass is 9.95. The van der Waals surface area contributed by atoms with Crippen LogP contribution in [0.1, 0.15) is 32.1 Å². The maximum atomic E-state index is 12.3. The fraction of sp³-hybridized carbons (Fsp3) is 0.533. The standard InChI is InChI=1S/C15H20Cl2N2O3S/c1-23(21,22)19(11-6-3-2-4-7-11)10-14(20)18-13-9-5-8-12(16)15(13)17/h5,8-9,11H,2-4,6-7,10H2,1H3,(H,18,20). The largest absolute Gasteiger partial charge is 0.324 e. The van der Waals surface area contributed by atoms with Crippen LogP contribution in [0.5, 0.6) is 0 Å². The zero-order valence-electron chi connectivity index (χ0n) is 12.9. The minimum atomic E-state index is -3.46. The zero-order valence-corrected chi connectivity index (χ0v) is 15.2. The van der Waals surface area contributed by atoms with E-state index in [4.69, 9.17) is 23.2 Å². The molecule has 1 aromatic carbocycles. The van der Waals surface area contributed by atoms with E-state index in [-0.39, 0.29) is 17.6 Å². The number of hydrogen-bond donors (Lipinski definition) is 1. The van der Waals surface area contributed by atoms with Crippen LogP contribution in [0.2, 0.25) is 10.0 Å². The molecule has 1 aromatic rings. The molecule has 1 saturated carbocycles. The Morgan fingerprint density at radius 2 is 1.91 bits per heavy atom. The summed E-state index contributed by atoms with van der Waals surface area (Å²) in [6.07, 6.45) is 5.80. The van der Waals surface area contributed by atoms with Gasteiger partial charge in [0.2, 0.25) is 15.9 Å². The number of nitrogens with one attached hydrogen (secondary N) is 1. The van der Waals surface area contributed by atoms with Crippen LogP contribution < -0.4 is 5.32 Å². The second-order valence-corrected chi connectivity index (χ2v) is 8.47. The highest BCUT2D eigenvalue weighted by Crippen LogP contribution is 2.30. The van der Waals surface area contributed by atoms with Crippen molar-refractivity contribution in [2.24, 2.45) is 0 Å². The number of rotatable bonds is 5. The first kappa shape index (κ1) is 18.5. The Hall–Kier alpha value is -0.820. The average Bonchev–Trinajstić information content (AvgIpc) is 2.49. The smallest absolute Gasteiger partial charge is 0.239 e. The van der Waals surface area contributed by atoms with E-state index in [1.54, 1.807) is 18.2 Å². The van der Waals surface area contributed by atoms with Gasteiger partial charge in [-0.25, -0.2) is 8.42 Å². The quantitative estimate of drug-likeness (QED) is 0.851. The van der Waals surface area contributed by atoms with Crippen LogP contribution in [0.25, 0.3) is 0 Å². The van der Waals surface area contributed by atoms with Crippen molar-refractivity contribution in [3.8, 4) is 0 Å². The van der Waals surface area contributed by atoms with Gasteiger partial charge in [-0.2, -0.15) is 4.31 Å². The SMILES string of the molecule is CS(=O)(=O)N(CC(=O)Nc1cccc(Cl)c1Cl)C1CCCCC1. The normalized spacial score (nSPS) is 16.5. The van der Waals surface area contributed by atoms with E-state index in [0.717, 1.165) is 38.4 Å². The third-order valence-electron chi connectivity index (χ3n) is 3.93. The van der Waals surface area contributed by atoms with Crippen LogP contribution in [0, 0.1) is 0 Å². The molecule has 23 heavy (non-hydrogen) atoms. The summed E-state index contributed by atoms with van der Waals surface area (Å²) in [5, 5.41) is 3.20. The molecule has 1 aliphatic rings. The maximum Gasteiger partial charge on any atom is 0.239 e. The molecule has 0 heterocycles. The minimum Gasteiger partial charge on any atom is -0.324 e. The van der Waals surface area contributed by atoms with Crippen molar-refractivity contribution < 1.29 is 13.2 Å². The number of anilines is 1. The monoisotopic (exact) mass is 378 g/mol. The summed E-state index contributed by atoms with van der Waals surface area (Å²) in [7, 11) is -3.46. The lowest BCUT2D eigenvalue weighted by Gasteiger charge is -2.31. The first-order chi connectivity index (χ1) is 10.8. The minimum absolute atomic E-state index is 0.112. The number of benzene rings is 1. The summed E-state index contributed by atoms with van der Waals surface area (Å²) < 4.78 is 25.4. The predicted molar refractivity (Wildman–Crippen MR) is 93.5 cm³/mol. The molecule has 2 rings (SSSR count). The van der Waals surface area contributed by atoms with Crippen LogP contribution in [0.4, 0.5) is 5.69 Å². The predicted octanol–water partition coefficient (Wildman–Crippen LogP) is 3.53. The van der Waals surface area contributed by atoms with Gasteiger partial charge in [0.1, 0.15) is 0 Å². The van der Waals surface area contributed by atoms with Gasteiger partial charge in [-0.15, -0.1) is 0 Å². The van der Waals surface area contributed by atoms with Crippen molar-refractivity contribution in [2.45, 2.75) is 38.1 Å². The molecule has 0 atom stereocenters. The maximum absolute atomic E-state index is 12.3. The number of carbonyl (C=O) groups is 1. The van der Waals surface area contributed by atoms with E-state index in [1.165, 1.54) is 4.31 Å². The Kier molecular flexibility index (Phi) is 6.31. The molecule has 1 N–H and O–H groups in total. The molecule has 0 aliphatic heterocycles. The van der Waals surface area contributed by atoms with Gasteiger partial charge >= 0.3 is 0 Å². The number of sulfonamides is 1. The van der Waals surface area contributed by atoms with E-state index in [0.29, 0.717) is 10.7 Å². The number of halogens is 2. The topological polar surface area (TPSA) is 66.5 Å². The Balaban J connectivity index is 2.10. The second-order valence-electron chi connectivity index (χ2n) is 5.75. The van der Waals surface area contributed by atoms with Gasteiger partial charge in [-0.3, -0.25) is 4.79 Å². The van der Waals surface area contributed by atoms with Gasteiger partial charge in [0.05, 0.1) is 28.5 Å². The van der Waals surface area contributed by atoms with Crippen molar-refractivity contribution in [1.82, 2.24) is 4.31 Å². The molecule has 0 radical (unpaired) electrons. The van der Waals surface area contributed by atoms with Gasteiger partial charge in [-0.1, -0.05) is 48.5 Å². The van der Waals surface area contributed by atoms with Crippen LogP contribution in [0.3, 0.4) is 0 Å². The summed E-state index contributed by atoms with van der Waals surface area (Å²) >= 11 is 11.9. The van der Waals surface area contributed by atoms with Crippen molar-refractivity contribution in [1.29, 1.82) is 0 Å². The average molecular weight is 379 g/mol. The molecular formula is C15H20Cl2N2O3S. The van der Waals surface area contributed by atoms with Crippen LogP contribution >= 0.6 is 23.2 Å². The number of hydrogen-bond acceptors (Lipinski definition) is 3. The van der Waals surface area contributed by atoms with Crippen LogP contribution in [-0.4, -0.2) is 37.5 Å². The molecule has 0 saturated heterocycles. The summed E-state index contributed by atoms with van der Waals surface area (Å²) in [6, 6.07) is 4.79. The van der Waals surface area contributed by atoms with Gasteiger partial charge in [-0.05, 0) is 25.0 Å². The van der Waals surface area contributed by atoms with Crippen LogP contribution in [-0.2, 0) is 14.8 Å². The Bertz CT molecular complexity index is 673. The molecule has 128 valence electrons. The van der Waals surface area contributed by atoms with Gasteiger partial charge in [0.25, 0.3) is 0 Å². The molecule has 0 bridgehead atoms. The highest BCUT2D eigenvalue weighted by molar-refractivity contribution is 7.88. The third kappa shape index (κ3) is 5.08. The third-order valence-corrected chi connectivity index (χ3v) is 6.03. The molecule has 0 spiro atoms. The summed E-state index contributed by atoms with van der Waals surface area (Å²) in [6.45, 7) is -0.216. The van der Waals surface area contributed by atoms with Crippen molar-refractivity contribution in [2.75, 3.05) is 18.1 Å². The fourth-order valence-electron chi connectivity index (χ4n) is 2.82. The summed E-state index contributed by atoms with van der Waals surface area (Å²) in [5.74, 6) is -0.426. The molecule has 0 aromatic heterocycles. The van der Waals surface area contributed by atoms with Gasteiger partial charge < -0.3 is 5.32 Å². The second kappa shape index (κ2) is 7.83. The zero-order chi connectivity index (χ0) is 17.0. The van der Waals surface area contributed by atoms with E-state index in [9.17, 15) is 13.2 Å². The fourth-order valence-corrected chi connectivity index (χ4v) is 4.27. The first-order valence-electron chi connectivity index (χ1n) is 7.49. The molecule has 8 heteroatoms. The number of nitrogens with zero attached hydrogens (tertiary/aromatic N) is 1. The van der Waals surface area contributed by atoms with Crippen molar-refractivity contribution >= 4 is 44.8 Å². The number of carbonyl (C=O) groups excluding carboxylic acids is 1. The molecule has 0 unspecified atom stereocenters. The molecular weight excluding hydrogens is 359 g/mol. The lowest BCUT2D eigenvalue weighted by Crippen LogP contribution is -2.45. The summed E-state index contributed by atoms with van der Waals surface area (Å²) in [5.41, 5.74) is 0.376. The van der Waals surface area contributed by atoms with E-state index < -0.39 is 15.9 Å². The van der Waals surface area contributed by atoms with Crippen LogP contribution in [0.15, 0.2) is 18.2 Å². The van der Waals surface area contributed by atoms with Crippen molar-refractivity contribution in [3.05, 3.63) is 28.2 Å². The number of amides is 1. The molecule has 1 amide bonds. The molecule has 1 aliphatic carbocycles. The van der Waals surface area contributed by atoms with E-state index in [2.05, 4.69) is 5.32 Å². The van der Waals surface area contributed by atoms with Gasteiger partial charge in [0.15, 0.2) is 0 Å². The lowest BCUT2D eigenvalue weighted by molar-refractivity contribution is -0.116. The van der Waals surface area contributed by atoms with E-state index in [1.807, 2.05) is 0 Å². The molecule has 5 nitrogen and oxygen atoms in total. The Morgan fingerprint density at radius 1 is 1.26 bits per heavy atom.